The molecule has 2 unspecified atom stereocenters. The van der Waals surface area contributed by atoms with Gasteiger partial charge in [0.05, 0.1) is 0 Å². The fraction of sp³-hybridized carbons (Fsp3) is 0.786. The van der Waals surface area contributed by atoms with E-state index in [2.05, 4.69) is 4.74 Å². The number of rotatable bonds is 11. The molecule has 0 saturated carbocycles. The third kappa shape index (κ3) is 20.3. The topological polar surface area (TPSA) is 151 Å². The second-order valence-electron chi connectivity index (χ2n) is 4.66. The van der Waals surface area contributed by atoms with Crippen LogP contribution in [0.1, 0.15) is 46.0 Å². The van der Waals surface area contributed by atoms with Crippen molar-refractivity contribution in [3.05, 3.63) is 0 Å². The Morgan fingerprint density at radius 2 is 1.61 bits per heavy atom. The van der Waals surface area contributed by atoms with Crippen LogP contribution in [0.3, 0.4) is 0 Å². The van der Waals surface area contributed by atoms with E-state index >= 15 is 0 Å². The highest BCUT2D eigenvalue weighted by molar-refractivity contribution is 5.68. The summed E-state index contributed by atoms with van der Waals surface area (Å²) in [7, 11) is 0. The first kappa shape index (κ1) is 23.6. The van der Waals surface area contributed by atoms with E-state index in [1.807, 2.05) is 6.92 Å². The van der Waals surface area contributed by atoms with Crippen LogP contribution in [-0.2, 0) is 23.9 Å². The summed E-state index contributed by atoms with van der Waals surface area (Å²) in [4.78, 5) is 30.2. The first-order chi connectivity index (χ1) is 10.7. The van der Waals surface area contributed by atoms with Crippen LogP contribution in [-0.4, -0.2) is 63.9 Å². The average molecular weight is 338 g/mol. The van der Waals surface area contributed by atoms with Gasteiger partial charge in [-0.1, -0.05) is 19.8 Å². The first-order valence-corrected chi connectivity index (χ1v) is 7.24. The van der Waals surface area contributed by atoms with Crippen molar-refractivity contribution in [3.63, 3.8) is 0 Å². The van der Waals surface area contributed by atoms with Crippen molar-refractivity contribution in [2.24, 2.45) is 0 Å². The van der Waals surface area contributed by atoms with Gasteiger partial charge in [-0.3, -0.25) is 4.79 Å². The molecule has 9 heteroatoms. The van der Waals surface area contributed by atoms with Crippen molar-refractivity contribution in [2.45, 2.75) is 58.3 Å². The lowest BCUT2D eigenvalue weighted by molar-refractivity contribution is -0.159. The largest absolute Gasteiger partial charge is 0.480 e. The van der Waals surface area contributed by atoms with Gasteiger partial charge in [0.25, 0.3) is 0 Å². The maximum absolute atomic E-state index is 10.9. The Morgan fingerprint density at radius 1 is 1.04 bits per heavy atom. The van der Waals surface area contributed by atoms with Crippen molar-refractivity contribution in [3.8, 4) is 0 Å². The van der Waals surface area contributed by atoms with E-state index in [-0.39, 0.29) is 18.5 Å². The van der Waals surface area contributed by atoms with Gasteiger partial charge in [0, 0.05) is 13.3 Å². The van der Waals surface area contributed by atoms with Crippen LogP contribution in [0.4, 0.5) is 0 Å². The van der Waals surface area contributed by atoms with Crippen molar-refractivity contribution in [1.29, 1.82) is 0 Å². The number of esters is 1. The highest BCUT2D eigenvalue weighted by atomic mass is 16.6. The van der Waals surface area contributed by atoms with E-state index in [4.69, 9.17) is 24.9 Å². The fourth-order valence-corrected chi connectivity index (χ4v) is 1.51. The van der Waals surface area contributed by atoms with Gasteiger partial charge in [0.2, 0.25) is 0 Å². The quantitative estimate of drug-likeness (QED) is 0.309. The van der Waals surface area contributed by atoms with Gasteiger partial charge in [-0.05, 0) is 12.8 Å². The molecule has 0 fully saturated rings. The number of carboxylic acids is 2. The summed E-state index contributed by atoms with van der Waals surface area (Å²) in [6, 6.07) is 0. The number of aliphatic hydroxyl groups excluding tert-OH is 2. The first-order valence-electron chi connectivity index (χ1n) is 7.24. The summed E-state index contributed by atoms with van der Waals surface area (Å²) >= 11 is 0. The maximum atomic E-state index is 10.9. The van der Waals surface area contributed by atoms with Crippen LogP contribution in [0, 0.1) is 0 Å². The van der Waals surface area contributed by atoms with E-state index in [0.29, 0.717) is 6.42 Å². The predicted octanol–water partition coefficient (Wildman–Crippen LogP) is 0.371. The number of aliphatic hydroxyl groups is 2. The van der Waals surface area contributed by atoms with E-state index in [0.717, 1.165) is 19.3 Å². The molecule has 23 heavy (non-hydrogen) atoms. The van der Waals surface area contributed by atoms with E-state index in [1.54, 1.807) is 0 Å². The second kappa shape index (κ2) is 15.2. The predicted molar refractivity (Wildman–Crippen MR) is 78.6 cm³/mol. The summed E-state index contributed by atoms with van der Waals surface area (Å²) < 4.78 is 9.79. The minimum Gasteiger partial charge on any atom is -0.480 e. The van der Waals surface area contributed by atoms with Crippen LogP contribution in [0.25, 0.3) is 0 Å². The zero-order valence-electron chi connectivity index (χ0n) is 13.4. The molecule has 136 valence electrons. The minimum atomic E-state index is -1.19. The summed E-state index contributed by atoms with van der Waals surface area (Å²) in [6.45, 7) is 2.07. The highest BCUT2D eigenvalue weighted by Gasteiger charge is 2.15. The molecule has 0 aliphatic carbocycles. The summed E-state index contributed by atoms with van der Waals surface area (Å²) in [5, 5.41) is 32.8. The Kier molecular flexibility index (Phi) is 15.6. The maximum Gasteiger partial charge on any atom is 0.329 e. The van der Waals surface area contributed by atoms with Gasteiger partial charge < -0.3 is 29.9 Å². The van der Waals surface area contributed by atoms with Crippen molar-refractivity contribution in [1.82, 2.24) is 0 Å². The molecule has 9 nitrogen and oxygen atoms in total. The zero-order valence-corrected chi connectivity index (χ0v) is 13.4. The molecule has 0 spiro atoms. The van der Waals surface area contributed by atoms with Gasteiger partial charge in [0.1, 0.15) is 19.3 Å². The van der Waals surface area contributed by atoms with Crippen molar-refractivity contribution < 1.29 is 44.3 Å². The fourth-order valence-electron chi connectivity index (χ4n) is 1.51. The molecular weight excluding hydrogens is 312 g/mol. The number of carbonyl (C=O) groups is 3. The highest BCUT2D eigenvalue weighted by Crippen LogP contribution is 2.13. The molecule has 0 heterocycles. The molecule has 0 aromatic carbocycles. The third-order valence-corrected chi connectivity index (χ3v) is 2.48. The average Bonchev–Trinajstić information content (AvgIpc) is 2.47. The Bertz CT molecular complexity index is 343. The van der Waals surface area contributed by atoms with Gasteiger partial charge in [-0.25, -0.2) is 9.59 Å². The van der Waals surface area contributed by atoms with Crippen LogP contribution >= 0.6 is 0 Å². The molecule has 0 saturated heterocycles. The van der Waals surface area contributed by atoms with E-state index in [1.165, 1.54) is 6.92 Å². The Balaban J connectivity index is 0. The van der Waals surface area contributed by atoms with Crippen LogP contribution in [0.15, 0.2) is 0 Å². The Hall–Kier alpha value is -1.71. The number of hydrogen-bond acceptors (Lipinski definition) is 7. The van der Waals surface area contributed by atoms with Gasteiger partial charge >= 0.3 is 17.9 Å². The summed E-state index contributed by atoms with van der Waals surface area (Å²) in [5.74, 6) is -2.67. The molecule has 0 amide bonds. The molecule has 2 atom stereocenters. The van der Waals surface area contributed by atoms with E-state index < -0.39 is 31.4 Å². The smallest absolute Gasteiger partial charge is 0.329 e. The number of hydrogen-bond donors (Lipinski definition) is 4. The van der Waals surface area contributed by atoms with Crippen molar-refractivity contribution >= 4 is 17.9 Å². The van der Waals surface area contributed by atoms with Crippen LogP contribution in [0.5, 0.6) is 0 Å². The molecule has 0 radical (unpaired) electrons. The second-order valence-corrected chi connectivity index (χ2v) is 4.66. The molecule has 0 aliphatic rings. The lowest BCUT2D eigenvalue weighted by Gasteiger charge is -2.18. The molecule has 0 bridgehead atoms. The van der Waals surface area contributed by atoms with Crippen LogP contribution < -0.4 is 0 Å². The van der Waals surface area contributed by atoms with Crippen molar-refractivity contribution in [2.75, 3.05) is 13.2 Å². The standard InChI is InChI=1S/C12H22O6.C2H4O3/c1-3-4-5-10(18-9(2)13)6-7-12(16)17-8-11(14)15;3-1-2(4)5/h10,12,16H,3-8H2,1-2H3,(H,14,15);3H,1H2,(H,4,5). The summed E-state index contributed by atoms with van der Waals surface area (Å²) in [6.07, 6.45) is 1.99. The third-order valence-electron chi connectivity index (χ3n) is 2.48. The van der Waals surface area contributed by atoms with E-state index in [9.17, 15) is 14.7 Å². The SMILES string of the molecule is CCCCC(CCC(O)OCC(=O)O)OC(C)=O.O=C(O)CO. The van der Waals surface area contributed by atoms with Crippen LogP contribution in [0.2, 0.25) is 0 Å². The van der Waals surface area contributed by atoms with Gasteiger partial charge in [-0.15, -0.1) is 0 Å². The normalized spacial score (nSPS) is 12.5. The molecular formula is C14H26O9. The zero-order chi connectivity index (χ0) is 18.3. The lowest BCUT2D eigenvalue weighted by Crippen LogP contribution is -2.22. The minimum absolute atomic E-state index is 0.245. The number of carbonyl (C=O) groups excluding carboxylic acids is 1. The Labute approximate surface area is 134 Å². The molecule has 4 N–H and O–H groups in total. The molecule has 0 aromatic heterocycles. The molecule has 0 aliphatic heterocycles. The van der Waals surface area contributed by atoms with Gasteiger partial charge in [-0.2, -0.15) is 0 Å². The number of unbranched alkanes of at least 4 members (excludes halogenated alkanes) is 1. The lowest BCUT2D eigenvalue weighted by atomic mass is 10.1. The number of aliphatic carboxylic acids is 2. The summed E-state index contributed by atoms with van der Waals surface area (Å²) in [5.41, 5.74) is 0. The molecule has 0 aromatic rings. The Morgan fingerprint density at radius 3 is 2.00 bits per heavy atom. The monoisotopic (exact) mass is 338 g/mol. The molecule has 0 rings (SSSR count). The number of ether oxygens (including phenoxy) is 2. The van der Waals surface area contributed by atoms with Gasteiger partial charge in [0.15, 0.2) is 6.29 Å². The number of carboxylic acid groups (broad SMARTS) is 2.